The summed E-state index contributed by atoms with van der Waals surface area (Å²) in [5.74, 6) is -0.678. The fourth-order valence-corrected chi connectivity index (χ4v) is 2.87. The molecule has 4 heteroatoms. The SMILES string of the molecule is CC1(C(=O)O)CCN(Cc2cccc(I)c2)C1. The highest BCUT2D eigenvalue weighted by molar-refractivity contribution is 14.1. The lowest BCUT2D eigenvalue weighted by atomic mass is 9.90. The van der Waals surface area contributed by atoms with Crippen LogP contribution >= 0.6 is 22.6 Å². The summed E-state index contributed by atoms with van der Waals surface area (Å²) in [4.78, 5) is 13.4. The van der Waals surface area contributed by atoms with E-state index in [4.69, 9.17) is 0 Å². The number of benzene rings is 1. The summed E-state index contributed by atoms with van der Waals surface area (Å²) >= 11 is 2.30. The molecule has 1 fully saturated rings. The molecule has 1 aromatic carbocycles. The molecular formula is C13H16INO2. The normalized spacial score (nSPS) is 25.1. The van der Waals surface area contributed by atoms with Crippen LogP contribution in [0.1, 0.15) is 18.9 Å². The van der Waals surface area contributed by atoms with Crippen molar-refractivity contribution in [1.29, 1.82) is 0 Å². The number of rotatable bonds is 3. The van der Waals surface area contributed by atoms with Gasteiger partial charge >= 0.3 is 5.97 Å². The number of aliphatic carboxylic acids is 1. The predicted octanol–water partition coefficient (Wildman–Crippen LogP) is 2.59. The Hall–Kier alpha value is -0.620. The Kier molecular flexibility index (Phi) is 3.73. The molecule has 1 atom stereocenters. The van der Waals surface area contributed by atoms with Crippen molar-refractivity contribution in [2.24, 2.45) is 5.41 Å². The molecule has 1 heterocycles. The van der Waals surface area contributed by atoms with Crippen LogP contribution in [0.5, 0.6) is 0 Å². The summed E-state index contributed by atoms with van der Waals surface area (Å²) in [5, 5.41) is 9.17. The number of likely N-dealkylation sites (tertiary alicyclic amines) is 1. The molecule has 3 nitrogen and oxygen atoms in total. The van der Waals surface area contributed by atoms with E-state index >= 15 is 0 Å². The maximum atomic E-state index is 11.1. The average Bonchev–Trinajstić information content (AvgIpc) is 2.61. The summed E-state index contributed by atoms with van der Waals surface area (Å²) < 4.78 is 1.22. The van der Waals surface area contributed by atoms with E-state index in [2.05, 4.69) is 45.7 Å². The van der Waals surface area contributed by atoms with Gasteiger partial charge < -0.3 is 5.11 Å². The molecule has 92 valence electrons. The van der Waals surface area contributed by atoms with Crippen LogP contribution in [-0.4, -0.2) is 29.1 Å². The molecule has 0 bridgehead atoms. The van der Waals surface area contributed by atoms with Gasteiger partial charge in [0.2, 0.25) is 0 Å². The highest BCUT2D eigenvalue weighted by Gasteiger charge is 2.40. The maximum absolute atomic E-state index is 11.1. The summed E-state index contributed by atoms with van der Waals surface area (Å²) in [6.45, 7) is 4.20. The first-order chi connectivity index (χ1) is 7.99. The molecule has 17 heavy (non-hydrogen) atoms. The third kappa shape index (κ3) is 2.98. The van der Waals surface area contributed by atoms with Crippen molar-refractivity contribution in [3.63, 3.8) is 0 Å². The Bertz CT molecular complexity index is 435. The molecule has 0 aromatic heterocycles. The third-order valence-electron chi connectivity index (χ3n) is 3.36. The number of carboxylic acid groups (broad SMARTS) is 1. The van der Waals surface area contributed by atoms with Gasteiger partial charge in [-0.25, -0.2) is 0 Å². The van der Waals surface area contributed by atoms with Crippen molar-refractivity contribution in [3.8, 4) is 0 Å². The molecule has 2 rings (SSSR count). The van der Waals surface area contributed by atoms with E-state index in [0.717, 1.165) is 19.5 Å². The van der Waals surface area contributed by atoms with Crippen molar-refractivity contribution >= 4 is 28.6 Å². The van der Waals surface area contributed by atoms with Gasteiger partial charge in [-0.05, 0) is 60.2 Å². The van der Waals surface area contributed by atoms with E-state index in [9.17, 15) is 9.90 Å². The van der Waals surface area contributed by atoms with Crippen LogP contribution in [-0.2, 0) is 11.3 Å². The van der Waals surface area contributed by atoms with E-state index in [0.29, 0.717) is 6.54 Å². The fraction of sp³-hybridized carbons (Fsp3) is 0.462. The lowest BCUT2D eigenvalue weighted by molar-refractivity contribution is -0.147. The Morgan fingerprint density at radius 1 is 1.59 bits per heavy atom. The molecule has 1 saturated heterocycles. The van der Waals surface area contributed by atoms with Crippen LogP contribution in [0.15, 0.2) is 24.3 Å². The van der Waals surface area contributed by atoms with Crippen molar-refractivity contribution < 1.29 is 9.90 Å². The highest BCUT2D eigenvalue weighted by atomic mass is 127. The maximum Gasteiger partial charge on any atom is 0.310 e. The van der Waals surface area contributed by atoms with Gasteiger partial charge in [0.1, 0.15) is 0 Å². The molecule has 1 aromatic rings. The second kappa shape index (κ2) is 4.94. The highest BCUT2D eigenvalue weighted by Crippen LogP contribution is 2.31. The minimum absolute atomic E-state index is 0.568. The summed E-state index contributed by atoms with van der Waals surface area (Å²) in [6.07, 6.45) is 0.742. The van der Waals surface area contributed by atoms with Gasteiger partial charge in [0.05, 0.1) is 5.41 Å². The van der Waals surface area contributed by atoms with Crippen molar-refractivity contribution in [2.45, 2.75) is 19.9 Å². The number of carboxylic acids is 1. The van der Waals surface area contributed by atoms with Crippen molar-refractivity contribution in [3.05, 3.63) is 33.4 Å². The van der Waals surface area contributed by atoms with Gasteiger partial charge in [-0.2, -0.15) is 0 Å². The monoisotopic (exact) mass is 345 g/mol. The van der Waals surface area contributed by atoms with Gasteiger partial charge in [-0.15, -0.1) is 0 Å². The Morgan fingerprint density at radius 3 is 2.94 bits per heavy atom. The topological polar surface area (TPSA) is 40.5 Å². The second-order valence-corrected chi connectivity index (χ2v) is 6.20. The molecular weight excluding hydrogens is 329 g/mol. The van der Waals surface area contributed by atoms with Crippen LogP contribution in [0.2, 0.25) is 0 Å². The standard InChI is InChI=1S/C13H16INO2/c1-13(12(16)17)5-6-15(9-13)8-10-3-2-4-11(14)7-10/h2-4,7H,5-6,8-9H2,1H3,(H,16,17). The lowest BCUT2D eigenvalue weighted by Crippen LogP contribution is -2.31. The third-order valence-corrected chi connectivity index (χ3v) is 4.03. The first-order valence-corrected chi connectivity index (χ1v) is 6.78. The number of halogens is 1. The van der Waals surface area contributed by atoms with Gasteiger partial charge in [0.15, 0.2) is 0 Å². The number of nitrogens with zero attached hydrogens (tertiary/aromatic N) is 1. The van der Waals surface area contributed by atoms with Crippen LogP contribution in [0.3, 0.4) is 0 Å². The van der Waals surface area contributed by atoms with E-state index < -0.39 is 11.4 Å². The Morgan fingerprint density at radius 2 is 2.35 bits per heavy atom. The lowest BCUT2D eigenvalue weighted by Gasteiger charge is -2.20. The quantitative estimate of drug-likeness (QED) is 0.857. The molecule has 0 radical (unpaired) electrons. The molecule has 1 aliphatic heterocycles. The molecule has 0 spiro atoms. The first-order valence-electron chi connectivity index (χ1n) is 5.70. The zero-order chi connectivity index (χ0) is 12.5. The minimum Gasteiger partial charge on any atom is -0.481 e. The van der Waals surface area contributed by atoms with Crippen molar-refractivity contribution in [2.75, 3.05) is 13.1 Å². The zero-order valence-corrected chi connectivity index (χ0v) is 12.0. The molecule has 1 unspecified atom stereocenters. The zero-order valence-electron chi connectivity index (χ0n) is 9.82. The summed E-state index contributed by atoms with van der Waals surface area (Å²) in [5.41, 5.74) is 0.689. The predicted molar refractivity (Wildman–Crippen MR) is 74.8 cm³/mol. The van der Waals surface area contributed by atoms with Gasteiger partial charge in [0.25, 0.3) is 0 Å². The molecule has 0 saturated carbocycles. The molecule has 0 amide bonds. The van der Waals surface area contributed by atoms with E-state index in [1.165, 1.54) is 9.13 Å². The van der Waals surface area contributed by atoms with Crippen LogP contribution in [0.25, 0.3) is 0 Å². The average molecular weight is 345 g/mol. The first kappa shape index (κ1) is 12.8. The van der Waals surface area contributed by atoms with Crippen LogP contribution in [0, 0.1) is 8.99 Å². The largest absolute Gasteiger partial charge is 0.481 e. The minimum atomic E-state index is -0.678. The smallest absolute Gasteiger partial charge is 0.310 e. The number of hydrogen-bond donors (Lipinski definition) is 1. The number of hydrogen-bond acceptors (Lipinski definition) is 2. The summed E-state index contributed by atoms with van der Waals surface area (Å²) in [7, 11) is 0. The Labute approximate surface area is 115 Å². The molecule has 0 aliphatic carbocycles. The molecule has 1 aliphatic rings. The summed E-state index contributed by atoms with van der Waals surface area (Å²) in [6, 6.07) is 8.36. The second-order valence-electron chi connectivity index (χ2n) is 4.96. The van der Waals surface area contributed by atoms with Crippen LogP contribution < -0.4 is 0 Å². The number of carbonyl (C=O) groups is 1. The molecule has 1 N–H and O–H groups in total. The van der Waals surface area contributed by atoms with E-state index in [1.807, 2.05) is 13.0 Å². The fourth-order valence-electron chi connectivity index (χ4n) is 2.26. The van der Waals surface area contributed by atoms with Crippen LogP contribution in [0.4, 0.5) is 0 Å². The van der Waals surface area contributed by atoms with Gasteiger partial charge in [-0.3, -0.25) is 9.69 Å². The van der Waals surface area contributed by atoms with E-state index in [-0.39, 0.29) is 0 Å². The van der Waals surface area contributed by atoms with Crippen molar-refractivity contribution in [1.82, 2.24) is 4.90 Å². The van der Waals surface area contributed by atoms with E-state index in [1.54, 1.807) is 0 Å². The van der Waals surface area contributed by atoms with Gasteiger partial charge in [0, 0.05) is 16.7 Å². The van der Waals surface area contributed by atoms with Gasteiger partial charge in [-0.1, -0.05) is 12.1 Å². The Balaban J connectivity index is 2.01.